The second-order valence-electron chi connectivity index (χ2n) is 4.68. The van der Waals surface area contributed by atoms with Gasteiger partial charge >= 0.3 is 0 Å². The molecular weight excluding hydrogens is 238 g/mol. The van der Waals surface area contributed by atoms with Gasteiger partial charge in [-0.15, -0.1) is 11.3 Å². The molecule has 0 saturated carbocycles. The lowest BCUT2D eigenvalue weighted by atomic mass is 10.0. The van der Waals surface area contributed by atoms with E-state index in [0.29, 0.717) is 11.8 Å². The number of benzene rings is 1. The Morgan fingerprint density at radius 2 is 1.81 bits per heavy atom. The van der Waals surface area contributed by atoms with Gasteiger partial charge in [-0.2, -0.15) is 0 Å². The first-order valence-electron chi connectivity index (χ1n) is 5.59. The summed E-state index contributed by atoms with van der Waals surface area (Å²) in [6.45, 7) is 8.65. The average Bonchev–Trinajstić information content (AvgIpc) is 2.62. The van der Waals surface area contributed by atoms with Crippen molar-refractivity contribution in [1.29, 1.82) is 0 Å². The summed E-state index contributed by atoms with van der Waals surface area (Å²) in [6.07, 6.45) is 0. The van der Waals surface area contributed by atoms with Crippen LogP contribution >= 0.6 is 22.9 Å². The van der Waals surface area contributed by atoms with Crippen LogP contribution in [-0.2, 0) is 0 Å². The number of thiazole rings is 1. The second-order valence-corrected chi connectivity index (χ2v) is 6.09. The molecule has 0 aliphatic rings. The molecule has 0 spiro atoms. The first-order chi connectivity index (χ1) is 7.50. The van der Waals surface area contributed by atoms with Gasteiger partial charge in [0.05, 0.1) is 20.2 Å². The van der Waals surface area contributed by atoms with Crippen LogP contribution in [0, 0.1) is 0 Å². The molecule has 0 aliphatic heterocycles. The molecule has 0 bridgehead atoms. The summed E-state index contributed by atoms with van der Waals surface area (Å²) >= 11 is 8.15. The topological polar surface area (TPSA) is 12.9 Å². The Bertz CT molecular complexity index is 514. The second kappa shape index (κ2) is 4.34. The van der Waals surface area contributed by atoms with E-state index in [4.69, 9.17) is 11.6 Å². The van der Waals surface area contributed by atoms with E-state index in [1.807, 2.05) is 0 Å². The number of fused-ring (bicyclic) bond motifs is 1. The van der Waals surface area contributed by atoms with Crippen LogP contribution in [0.3, 0.4) is 0 Å². The fourth-order valence-electron chi connectivity index (χ4n) is 1.69. The molecule has 0 atom stereocenters. The average molecular weight is 254 g/mol. The molecule has 1 nitrogen and oxygen atoms in total. The highest BCUT2D eigenvalue weighted by Gasteiger charge is 2.14. The van der Waals surface area contributed by atoms with Crippen LogP contribution in [0.2, 0.25) is 5.02 Å². The molecule has 0 saturated heterocycles. The van der Waals surface area contributed by atoms with Crippen LogP contribution < -0.4 is 0 Å². The third kappa shape index (κ3) is 1.96. The first-order valence-corrected chi connectivity index (χ1v) is 6.79. The van der Waals surface area contributed by atoms with Gasteiger partial charge in [-0.25, -0.2) is 4.98 Å². The Morgan fingerprint density at radius 3 is 2.38 bits per heavy atom. The van der Waals surface area contributed by atoms with Gasteiger partial charge < -0.3 is 0 Å². The summed E-state index contributed by atoms with van der Waals surface area (Å²) < 4.78 is 1.14. The largest absolute Gasteiger partial charge is 0.241 e. The first kappa shape index (κ1) is 11.9. The molecular formula is C13H16ClNS. The minimum Gasteiger partial charge on any atom is -0.241 e. The molecule has 1 heterocycles. The summed E-state index contributed by atoms with van der Waals surface area (Å²) in [7, 11) is 0. The van der Waals surface area contributed by atoms with Gasteiger partial charge in [-0.05, 0) is 17.5 Å². The van der Waals surface area contributed by atoms with Crippen LogP contribution in [0.4, 0.5) is 0 Å². The summed E-state index contributed by atoms with van der Waals surface area (Å²) in [5.74, 6) is 0.928. The molecule has 2 aromatic rings. The number of nitrogens with zero attached hydrogens (tertiary/aromatic N) is 1. The number of hydrogen-bond acceptors (Lipinski definition) is 2. The van der Waals surface area contributed by atoms with E-state index >= 15 is 0 Å². The lowest BCUT2D eigenvalue weighted by molar-refractivity contribution is 0.856. The van der Waals surface area contributed by atoms with E-state index in [2.05, 4.69) is 44.8 Å². The fourth-order valence-corrected chi connectivity index (χ4v) is 3.19. The Morgan fingerprint density at radius 1 is 1.12 bits per heavy atom. The molecule has 0 unspecified atom stereocenters. The summed E-state index contributed by atoms with van der Waals surface area (Å²) in [5, 5.41) is 2.05. The van der Waals surface area contributed by atoms with Gasteiger partial charge in [0.1, 0.15) is 0 Å². The molecule has 1 aromatic heterocycles. The minimum absolute atomic E-state index is 0.460. The quantitative estimate of drug-likeness (QED) is 0.717. The molecule has 0 fully saturated rings. The molecule has 16 heavy (non-hydrogen) atoms. The van der Waals surface area contributed by atoms with Crippen molar-refractivity contribution in [3.8, 4) is 0 Å². The Hall–Kier alpha value is -0.600. The lowest BCUT2D eigenvalue weighted by Gasteiger charge is -2.07. The number of aromatic nitrogens is 1. The van der Waals surface area contributed by atoms with Gasteiger partial charge in [0, 0.05) is 5.92 Å². The number of rotatable bonds is 2. The van der Waals surface area contributed by atoms with Crippen molar-refractivity contribution in [3.05, 3.63) is 27.7 Å². The SMILES string of the molecule is CC(C)c1nc2ccc(C(C)C)c(Cl)c2s1. The maximum atomic E-state index is 6.43. The van der Waals surface area contributed by atoms with Gasteiger partial charge in [-0.1, -0.05) is 45.4 Å². The van der Waals surface area contributed by atoms with Crippen LogP contribution in [0.1, 0.15) is 50.1 Å². The third-order valence-electron chi connectivity index (χ3n) is 2.66. The van der Waals surface area contributed by atoms with Gasteiger partial charge in [0.25, 0.3) is 0 Å². The molecule has 86 valence electrons. The van der Waals surface area contributed by atoms with Crippen molar-refractivity contribution in [2.24, 2.45) is 0 Å². The predicted molar refractivity (Wildman–Crippen MR) is 72.8 cm³/mol. The van der Waals surface area contributed by atoms with Crippen molar-refractivity contribution in [2.45, 2.75) is 39.5 Å². The van der Waals surface area contributed by atoms with Crippen molar-refractivity contribution in [3.63, 3.8) is 0 Å². The highest BCUT2D eigenvalue weighted by Crippen LogP contribution is 2.36. The zero-order valence-corrected chi connectivity index (χ0v) is 11.6. The zero-order chi connectivity index (χ0) is 11.9. The zero-order valence-electron chi connectivity index (χ0n) is 10.0. The molecule has 0 radical (unpaired) electrons. The maximum absolute atomic E-state index is 6.43. The summed E-state index contributed by atoms with van der Waals surface area (Å²) in [6, 6.07) is 4.18. The van der Waals surface area contributed by atoms with E-state index in [0.717, 1.165) is 20.2 Å². The summed E-state index contributed by atoms with van der Waals surface area (Å²) in [5.41, 5.74) is 2.25. The van der Waals surface area contributed by atoms with Crippen molar-refractivity contribution >= 4 is 33.2 Å². The fraction of sp³-hybridized carbons (Fsp3) is 0.462. The monoisotopic (exact) mass is 253 g/mol. The smallest absolute Gasteiger partial charge is 0.0964 e. The van der Waals surface area contributed by atoms with Crippen LogP contribution in [-0.4, -0.2) is 4.98 Å². The number of hydrogen-bond donors (Lipinski definition) is 0. The van der Waals surface area contributed by atoms with E-state index in [1.54, 1.807) is 11.3 Å². The molecule has 0 aliphatic carbocycles. The highest BCUT2D eigenvalue weighted by molar-refractivity contribution is 7.19. The molecule has 0 N–H and O–H groups in total. The third-order valence-corrected chi connectivity index (χ3v) is 4.57. The van der Waals surface area contributed by atoms with Crippen LogP contribution in [0.25, 0.3) is 10.2 Å². The predicted octanol–water partition coefficient (Wildman–Crippen LogP) is 5.20. The normalized spacial score (nSPS) is 11.9. The van der Waals surface area contributed by atoms with Gasteiger partial charge in [0.2, 0.25) is 0 Å². The lowest BCUT2D eigenvalue weighted by Crippen LogP contribution is -1.88. The van der Waals surface area contributed by atoms with Crippen LogP contribution in [0.15, 0.2) is 12.1 Å². The minimum atomic E-state index is 0.460. The van der Waals surface area contributed by atoms with E-state index < -0.39 is 0 Å². The van der Waals surface area contributed by atoms with E-state index in [1.165, 1.54) is 5.56 Å². The Kier molecular flexibility index (Phi) is 3.22. The van der Waals surface area contributed by atoms with Crippen LogP contribution in [0.5, 0.6) is 0 Å². The summed E-state index contributed by atoms with van der Waals surface area (Å²) in [4.78, 5) is 4.61. The Balaban J connectivity index is 2.65. The van der Waals surface area contributed by atoms with E-state index in [-0.39, 0.29) is 0 Å². The highest BCUT2D eigenvalue weighted by atomic mass is 35.5. The molecule has 2 rings (SSSR count). The van der Waals surface area contributed by atoms with Crippen molar-refractivity contribution in [2.75, 3.05) is 0 Å². The van der Waals surface area contributed by atoms with Gasteiger partial charge in [0.15, 0.2) is 0 Å². The standard InChI is InChI=1S/C13H16ClNS/c1-7(2)9-5-6-10-12(11(9)14)16-13(15-10)8(3)4/h5-8H,1-4H3. The molecule has 0 amide bonds. The number of halogens is 1. The van der Waals surface area contributed by atoms with Crippen molar-refractivity contribution in [1.82, 2.24) is 4.98 Å². The maximum Gasteiger partial charge on any atom is 0.0964 e. The molecule has 1 aromatic carbocycles. The Labute approximate surface area is 105 Å². The van der Waals surface area contributed by atoms with Gasteiger partial charge in [-0.3, -0.25) is 0 Å². The van der Waals surface area contributed by atoms with Crippen molar-refractivity contribution < 1.29 is 0 Å². The molecule has 3 heteroatoms. The van der Waals surface area contributed by atoms with E-state index in [9.17, 15) is 0 Å².